The van der Waals surface area contributed by atoms with E-state index in [0.717, 1.165) is 39.7 Å². The molecule has 0 fully saturated rings. The highest BCUT2D eigenvalue weighted by Crippen LogP contribution is 2.22. The van der Waals surface area contributed by atoms with Crippen molar-refractivity contribution in [1.29, 1.82) is 0 Å². The van der Waals surface area contributed by atoms with Crippen molar-refractivity contribution in [1.82, 2.24) is 20.1 Å². The second-order valence-corrected chi connectivity index (χ2v) is 7.98. The van der Waals surface area contributed by atoms with Crippen LogP contribution in [-0.4, -0.2) is 20.8 Å². The molecule has 0 atom stereocenters. The predicted octanol–water partition coefficient (Wildman–Crippen LogP) is 4.94. The average Bonchev–Trinajstić information content (AvgIpc) is 3.31. The Bertz CT molecular complexity index is 1100. The Labute approximate surface area is 185 Å². The van der Waals surface area contributed by atoms with Crippen LogP contribution in [0.4, 0.5) is 10.5 Å². The summed E-state index contributed by atoms with van der Waals surface area (Å²) in [5, 5.41) is 11.0. The number of thioether (sulfide) groups is 1. The largest absolute Gasteiger partial charge is 0.334 e. The minimum atomic E-state index is -0.227. The van der Waals surface area contributed by atoms with Gasteiger partial charge < -0.3 is 10.6 Å². The SMILES string of the molecule is O=C(NCc1ccc(Cn2cccn2)cc1)Nc1cccc(CSc2ccccn2)c1. The van der Waals surface area contributed by atoms with Crippen LogP contribution in [0.5, 0.6) is 0 Å². The van der Waals surface area contributed by atoms with Crippen molar-refractivity contribution in [2.45, 2.75) is 23.9 Å². The van der Waals surface area contributed by atoms with Crippen LogP contribution in [0.15, 0.2) is 96.4 Å². The second kappa shape index (κ2) is 10.4. The molecular weight excluding hydrogens is 406 g/mol. The number of hydrogen-bond donors (Lipinski definition) is 2. The van der Waals surface area contributed by atoms with Gasteiger partial charge in [0.25, 0.3) is 0 Å². The molecule has 0 aliphatic heterocycles. The molecule has 31 heavy (non-hydrogen) atoms. The van der Waals surface area contributed by atoms with Gasteiger partial charge in [-0.1, -0.05) is 42.5 Å². The Hall–Kier alpha value is -3.58. The zero-order chi connectivity index (χ0) is 21.3. The Morgan fingerprint density at radius 1 is 0.903 bits per heavy atom. The van der Waals surface area contributed by atoms with Crippen LogP contribution in [0.25, 0.3) is 0 Å². The molecule has 0 aliphatic rings. The van der Waals surface area contributed by atoms with Crippen LogP contribution in [0.3, 0.4) is 0 Å². The fraction of sp³-hybridized carbons (Fsp3) is 0.125. The molecule has 2 heterocycles. The maximum Gasteiger partial charge on any atom is 0.319 e. The Morgan fingerprint density at radius 2 is 1.77 bits per heavy atom. The van der Waals surface area contributed by atoms with Gasteiger partial charge in [0.15, 0.2) is 0 Å². The molecule has 156 valence electrons. The van der Waals surface area contributed by atoms with E-state index in [-0.39, 0.29) is 6.03 Å². The molecule has 0 radical (unpaired) electrons. The van der Waals surface area contributed by atoms with Crippen LogP contribution in [0, 0.1) is 0 Å². The van der Waals surface area contributed by atoms with Gasteiger partial charge in [-0.15, -0.1) is 11.8 Å². The third kappa shape index (κ3) is 6.45. The van der Waals surface area contributed by atoms with Gasteiger partial charge in [-0.2, -0.15) is 5.10 Å². The van der Waals surface area contributed by atoms with Crippen LogP contribution in [0.2, 0.25) is 0 Å². The normalized spacial score (nSPS) is 10.6. The van der Waals surface area contributed by atoms with E-state index >= 15 is 0 Å². The maximum atomic E-state index is 12.3. The van der Waals surface area contributed by atoms with E-state index in [4.69, 9.17) is 0 Å². The lowest BCUT2D eigenvalue weighted by Crippen LogP contribution is -2.28. The van der Waals surface area contributed by atoms with E-state index in [9.17, 15) is 4.79 Å². The molecule has 2 N–H and O–H groups in total. The van der Waals surface area contributed by atoms with E-state index in [1.807, 2.05) is 71.5 Å². The van der Waals surface area contributed by atoms with Crippen molar-refractivity contribution in [2.24, 2.45) is 0 Å². The number of urea groups is 1. The zero-order valence-electron chi connectivity index (χ0n) is 16.9. The monoisotopic (exact) mass is 429 g/mol. The minimum Gasteiger partial charge on any atom is -0.334 e. The van der Waals surface area contributed by atoms with Gasteiger partial charge in [-0.25, -0.2) is 9.78 Å². The quantitative estimate of drug-likeness (QED) is 0.389. The first kappa shape index (κ1) is 20.7. The van der Waals surface area contributed by atoms with E-state index in [0.29, 0.717) is 6.54 Å². The number of carbonyl (C=O) groups excluding carboxylic acids is 1. The van der Waals surface area contributed by atoms with Gasteiger partial charge in [-0.05, 0) is 47.0 Å². The third-order valence-corrected chi connectivity index (χ3v) is 5.60. The van der Waals surface area contributed by atoms with Crippen molar-refractivity contribution in [2.75, 3.05) is 5.32 Å². The predicted molar refractivity (Wildman–Crippen MR) is 124 cm³/mol. The smallest absolute Gasteiger partial charge is 0.319 e. The van der Waals surface area contributed by atoms with Crippen LogP contribution in [0.1, 0.15) is 16.7 Å². The number of aromatic nitrogens is 3. The summed E-state index contributed by atoms with van der Waals surface area (Å²) in [7, 11) is 0. The van der Waals surface area contributed by atoms with E-state index in [1.165, 1.54) is 0 Å². The number of anilines is 1. The maximum absolute atomic E-state index is 12.3. The first-order valence-corrected chi connectivity index (χ1v) is 11.0. The number of benzene rings is 2. The number of nitrogens with zero attached hydrogens (tertiary/aromatic N) is 3. The molecule has 2 aromatic carbocycles. The summed E-state index contributed by atoms with van der Waals surface area (Å²) in [6.45, 7) is 1.19. The molecular formula is C24H23N5OS. The molecule has 0 saturated carbocycles. The number of nitrogens with one attached hydrogen (secondary N) is 2. The van der Waals surface area contributed by atoms with Gasteiger partial charge in [0.05, 0.1) is 11.6 Å². The molecule has 2 amide bonds. The van der Waals surface area contributed by atoms with Crippen LogP contribution < -0.4 is 10.6 Å². The molecule has 0 bridgehead atoms. The minimum absolute atomic E-state index is 0.227. The highest BCUT2D eigenvalue weighted by Gasteiger charge is 2.04. The van der Waals surface area contributed by atoms with E-state index < -0.39 is 0 Å². The summed E-state index contributed by atoms with van der Waals surface area (Å²) in [5.41, 5.74) is 4.10. The number of carbonyl (C=O) groups is 1. The summed E-state index contributed by atoms with van der Waals surface area (Å²) in [4.78, 5) is 16.6. The van der Waals surface area contributed by atoms with Gasteiger partial charge in [0.1, 0.15) is 0 Å². The summed E-state index contributed by atoms with van der Waals surface area (Å²) in [6.07, 6.45) is 5.50. The first-order valence-electron chi connectivity index (χ1n) is 9.97. The lowest BCUT2D eigenvalue weighted by atomic mass is 10.1. The molecule has 0 aliphatic carbocycles. The molecule has 0 saturated heterocycles. The van der Waals surface area contributed by atoms with Crippen LogP contribution in [-0.2, 0) is 18.8 Å². The Balaban J connectivity index is 1.25. The standard InChI is InChI=1S/C24H23N5OS/c30-24(26-16-19-8-10-20(11-9-19)17-29-14-4-13-27-29)28-22-6-3-5-21(15-22)18-31-23-7-1-2-12-25-23/h1-15H,16-18H2,(H2,26,28,30). The highest BCUT2D eigenvalue weighted by atomic mass is 32.2. The van der Waals surface area contributed by atoms with Crippen LogP contribution >= 0.6 is 11.8 Å². The summed E-state index contributed by atoms with van der Waals surface area (Å²) in [6, 6.07) is 23.6. The fourth-order valence-electron chi connectivity index (χ4n) is 3.03. The lowest BCUT2D eigenvalue weighted by Gasteiger charge is -2.10. The molecule has 6 nitrogen and oxygen atoms in total. The molecule has 7 heteroatoms. The lowest BCUT2D eigenvalue weighted by molar-refractivity contribution is 0.251. The molecule has 2 aromatic heterocycles. The van der Waals surface area contributed by atoms with E-state index in [1.54, 1.807) is 24.2 Å². The van der Waals surface area contributed by atoms with Gasteiger partial charge in [-0.3, -0.25) is 4.68 Å². The molecule has 4 aromatic rings. The Kier molecular flexibility index (Phi) is 6.97. The topological polar surface area (TPSA) is 71.8 Å². The van der Waals surface area contributed by atoms with Crippen molar-refractivity contribution in [3.05, 3.63) is 108 Å². The summed E-state index contributed by atoms with van der Waals surface area (Å²) < 4.78 is 1.88. The molecule has 4 rings (SSSR count). The van der Waals surface area contributed by atoms with Gasteiger partial charge >= 0.3 is 6.03 Å². The fourth-order valence-corrected chi connectivity index (χ4v) is 3.83. The van der Waals surface area contributed by atoms with Crippen molar-refractivity contribution in [3.8, 4) is 0 Å². The van der Waals surface area contributed by atoms with E-state index in [2.05, 4.69) is 32.8 Å². The third-order valence-electron chi connectivity index (χ3n) is 4.59. The van der Waals surface area contributed by atoms with Crippen molar-refractivity contribution in [3.63, 3.8) is 0 Å². The summed E-state index contributed by atoms with van der Waals surface area (Å²) >= 11 is 1.67. The number of amides is 2. The summed E-state index contributed by atoms with van der Waals surface area (Å²) in [5.74, 6) is 0.791. The van der Waals surface area contributed by atoms with Gasteiger partial charge in [0, 0.05) is 36.6 Å². The number of hydrogen-bond acceptors (Lipinski definition) is 4. The van der Waals surface area contributed by atoms with Gasteiger partial charge in [0.2, 0.25) is 0 Å². The average molecular weight is 430 g/mol. The zero-order valence-corrected chi connectivity index (χ0v) is 17.8. The first-order chi connectivity index (χ1) is 15.2. The van der Waals surface area contributed by atoms with Crippen molar-refractivity contribution < 1.29 is 4.79 Å². The number of rotatable bonds is 8. The molecule has 0 spiro atoms. The Morgan fingerprint density at radius 3 is 2.55 bits per heavy atom. The molecule has 0 unspecified atom stereocenters. The highest BCUT2D eigenvalue weighted by molar-refractivity contribution is 7.98. The number of pyridine rings is 1. The second-order valence-electron chi connectivity index (χ2n) is 6.98. The van der Waals surface area contributed by atoms with Crippen molar-refractivity contribution >= 4 is 23.5 Å².